The van der Waals surface area contributed by atoms with Crippen LogP contribution in [0.25, 0.3) is 16.9 Å². The monoisotopic (exact) mass is 518 g/mol. The van der Waals surface area contributed by atoms with Crippen LogP contribution >= 0.6 is 0 Å². The van der Waals surface area contributed by atoms with E-state index in [2.05, 4.69) is 82.0 Å². The third-order valence-electron chi connectivity index (χ3n) is 7.14. The molecular weight excluding hydrogens is 484 g/mol. The first-order valence-electron chi connectivity index (χ1n) is 13.7. The molecule has 5 aromatic rings. The molecule has 3 aromatic carbocycles. The first-order valence-corrected chi connectivity index (χ1v) is 13.7. The first-order chi connectivity index (χ1) is 19.2. The highest BCUT2D eigenvalue weighted by Gasteiger charge is 2.12. The molecule has 0 bridgehead atoms. The Morgan fingerprint density at radius 3 is 2.33 bits per heavy atom. The van der Waals surface area contributed by atoms with Crippen molar-refractivity contribution in [1.82, 2.24) is 19.5 Å². The number of benzene rings is 3. The van der Waals surface area contributed by atoms with Crippen LogP contribution < -0.4 is 15.4 Å². The summed E-state index contributed by atoms with van der Waals surface area (Å²) in [6.07, 6.45) is 2.61. The highest BCUT2D eigenvalue weighted by Crippen LogP contribution is 2.24. The van der Waals surface area contributed by atoms with E-state index in [1.807, 2.05) is 40.9 Å². The van der Waals surface area contributed by atoms with Gasteiger partial charge in [-0.1, -0.05) is 48.0 Å². The fourth-order valence-electron chi connectivity index (χ4n) is 4.91. The van der Waals surface area contributed by atoms with Crippen molar-refractivity contribution in [2.75, 3.05) is 36.9 Å². The number of fused-ring (bicyclic) bond motifs is 1. The topological polar surface area (TPSA) is 66.7 Å². The highest BCUT2D eigenvalue weighted by molar-refractivity contribution is 5.67. The summed E-state index contributed by atoms with van der Waals surface area (Å²) in [5.41, 5.74) is 7.39. The molecule has 1 aliphatic rings. The number of aryl methyl sites for hydroxylation is 1. The van der Waals surface area contributed by atoms with E-state index < -0.39 is 0 Å². The Bertz CT molecular complexity index is 1500. The fourth-order valence-corrected chi connectivity index (χ4v) is 4.91. The molecule has 1 fully saturated rings. The van der Waals surface area contributed by atoms with Gasteiger partial charge in [-0.3, -0.25) is 4.90 Å². The number of likely N-dealkylation sites (tertiary alicyclic amines) is 1. The van der Waals surface area contributed by atoms with E-state index in [1.54, 1.807) is 0 Å². The molecule has 0 saturated carbocycles. The van der Waals surface area contributed by atoms with Crippen LogP contribution in [0.1, 0.15) is 24.0 Å². The van der Waals surface area contributed by atoms with Crippen LogP contribution in [0.5, 0.6) is 5.75 Å². The average molecular weight is 519 g/mol. The SMILES string of the molecule is Cc1ccc(CNc2ccc(-c3cccc4nc(Nc5ccc(OCCN6CCCC6)cc5)nn34)cc2)cc1. The molecule has 0 unspecified atom stereocenters. The van der Waals surface area contributed by atoms with Gasteiger partial charge in [-0.2, -0.15) is 4.98 Å². The zero-order valence-electron chi connectivity index (χ0n) is 22.3. The molecule has 1 saturated heterocycles. The first kappa shape index (κ1) is 24.9. The summed E-state index contributed by atoms with van der Waals surface area (Å²) >= 11 is 0. The van der Waals surface area contributed by atoms with E-state index in [4.69, 9.17) is 9.84 Å². The van der Waals surface area contributed by atoms with E-state index in [9.17, 15) is 0 Å². The molecule has 1 aliphatic heterocycles. The van der Waals surface area contributed by atoms with Crippen molar-refractivity contribution in [3.63, 3.8) is 0 Å². The van der Waals surface area contributed by atoms with Gasteiger partial charge in [0.25, 0.3) is 0 Å². The minimum absolute atomic E-state index is 0.557. The molecule has 0 radical (unpaired) electrons. The van der Waals surface area contributed by atoms with Crippen LogP contribution in [0.3, 0.4) is 0 Å². The van der Waals surface area contributed by atoms with Crippen molar-refractivity contribution in [1.29, 1.82) is 0 Å². The number of pyridine rings is 1. The molecule has 0 amide bonds. The second kappa shape index (κ2) is 11.6. The zero-order chi connectivity index (χ0) is 26.4. The number of nitrogens with one attached hydrogen (secondary N) is 2. The molecule has 0 spiro atoms. The summed E-state index contributed by atoms with van der Waals surface area (Å²) in [5.74, 6) is 1.43. The maximum atomic E-state index is 5.93. The summed E-state index contributed by atoms with van der Waals surface area (Å²) in [4.78, 5) is 7.14. The molecule has 7 heteroatoms. The molecule has 7 nitrogen and oxygen atoms in total. The summed E-state index contributed by atoms with van der Waals surface area (Å²) in [5, 5.41) is 11.6. The number of aromatic nitrogens is 3. The van der Waals surface area contributed by atoms with Crippen molar-refractivity contribution in [2.24, 2.45) is 0 Å². The molecule has 3 heterocycles. The minimum atomic E-state index is 0.557. The Morgan fingerprint density at radius 1 is 0.821 bits per heavy atom. The maximum Gasteiger partial charge on any atom is 0.247 e. The van der Waals surface area contributed by atoms with Crippen molar-refractivity contribution in [3.05, 3.63) is 102 Å². The molecule has 0 aliphatic carbocycles. The van der Waals surface area contributed by atoms with Gasteiger partial charge in [0.1, 0.15) is 12.4 Å². The standard InChI is InChI=1S/C32H34N6O/c1-24-7-9-25(10-8-24)23-33-27-13-11-26(12-14-27)30-5-4-6-31-35-32(36-38(30)31)34-28-15-17-29(18-16-28)39-22-21-37-19-2-3-20-37/h4-18,33H,2-3,19-23H2,1H3,(H,34,36). The zero-order valence-corrected chi connectivity index (χ0v) is 22.3. The molecular formula is C32H34N6O. The number of ether oxygens (including phenoxy) is 1. The second-order valence-electron chi connectivity index (χ2n) is 10.1. The number of hydrogen-bond donors (Lipinski definition) is 2. The molecule has 39 heavy (non-hydrogen) atoms. The smallest absolute Gasteiger partial charge is 0.247 e. The lowest BCUT2D eigenvalue weighted by Crippen LogP contribution is -2.25. The normalized spacial score (nSPS) is 13.6. The Morgan fingerprint density at radius 2 is 1.56 bits per heavy atom. The van der Waals surface area contributed by atoms with Crippen molar-refractivity contribution < 1.29 is 4.74 Å². The van der Waals surface area contributed by atoms with E-state index in [0.717, 1.165) is 47.1 Å². The van der Waals surface area contributed by atoms with Gasteiger partial charge in [-0.15, -0.1) is 5.10 Å². The van der Waals surface area contributed by atoms with E-state index in [0.29, 0.717) is 12.6 Å². The Kier molecular flexibility index (Phi) is 7.41. The lowest BCUT2D eigenvalue weighted by atomic mass is 10.1. The van der Waals surface area contributed by atoms with Gasteiger partial charge in [-0.25, -0.2) is 4.52 Å². The van der Waals surface area contributed by atoms with Crippen LogP contribution in [-0.4, -0.2) is 45.7 Å². The molecule has 0 atom stereocenters. The summed E-state index contributed by atoms with van der Waals surface area (Å²) in [7, 11) is 0. The van der Waals surface area contributed by atoms with E-state index in [1.165, 1.54) is 37.1 Å². The Labute approximate surface area is 229 Å². The largest absolute Gasteiger partial charge is 0.492 e. The van der Waals surface area contributed by atoms with Crippen LogP contribution in [-0.2, 0) is 6.54 Å². The second-order valence-corrected chi connectivity index (χ2v) is 10.1. The number of rotatable bonds is 10. The van der Waals surface area contributed by atoms with Crippen LogP contribution in [0, 0.1) is 6.92 Å². The van der Waals surface area contributed by atoms with E-state index in [-0.39, 0.29) is 0 Å². The van der Waals surface area contributed by atoms with Crippen LogP contribution in [0.2, 0.25) is 0 Å². The van der Waals surface area contributed by atoms with Gasteiger partial charge in [0, 0.05) is 30.0 Å². The van der Waals surface area contributed by atoms with Gasteiger partial charge >= 0.3 is 0 Å². The maximum absolute atomic E-state index is 5.93. The van der Waals surface area contributed by atoms with Crippen molar-refractivity contribution in [3.8, 4) is 17.0 Å². The van der Waals surface area contributed by atoms with Crippen LogP contribution in [0.15, 0.2) is 91.0 Å². The predicted molar refractivity (Wildman–Crippen MR) is 158 cm³/mol. The summed E-state index contributed by atoms with van der Waals surface area (Å²) < 4.78 is 7.81. The lowest BCUT2D eigenvalue weighted by Gasteiger charge is -2.15. The van der Waals surface area contributed by atoms with Crippen molar-refractivity contribution >= 4 is 23.0 Å². The predicted octanol–water partition coefficient (Wildman–Crippen LogP) is 6.54. The summed E-state index contributed by atoms with van der Waals surface area (Å²) in [6.45, 7) is 6.98. The van der Waals surface area contributed by atoms with Gasteiger partial charge in [0.05, 0.1) is 5.69 Å². The number of nitrogens with zero attached hydrogens (tertiary/aromatic N) is 4. The third kappa shape index (κ3) is 6.21. The Balaban J connectivity index is 1.09. The Hall–Kier alpha value is -4.36. The lowest BCUT2D eigenvalue weighted by molar-refractivity contribution is 0.238. The van der Waals surface area contributed by atoms with Gasteiger partial charge in [0.2, 0.25) is 5.95 Å². The average Bonchev–Trinajstić information content (AvgIpc) is 3.64. The minimum Gasteiger partial charge on any atom is -0.492 e. The third-order valence-corrected chi connectivity index (χ3v) is 7.14. The van der Waals surface area contributed by atoms with Gasteiger partial charge in [-0.05, 0) is 86.9 Å². The van der Waals surface area contributed by atoms with Gasteiger partial charge in [0.15, 0.2) is 5.65 Å². The molecule has 2 N–H and O–H groups in total. The van der Waals surface area contributed by atoms with Crippen molar-refractivity contribution in [2.45, 2.75) is 26.3 Å². The quantitative estimate of drug-likeness (QED) is 0.219. The number of anilines is 3. The molecule has 6 rings (SSSR count). The fraction of sp³-hybridized carbons (Fsp3) is 0.250. The van der Waals surface area contributed by atoms with Crippen LogP contribution in [0.4, 0.5) is 17.3 Å². The summed E-state index contributed by atoms with van der Waals surface area (Å²) in [6, 6.07) is 31.1. The highest BCUT2D eigenvalue weighted by atomic mass is 16.5. The number of hydrogen-bond acceptors (Lipinski definition) is 6. The van der Waals surface area contributed by atoms with E-state index >= 15 is 0 Å². The molecule has 2 aromatic heterocycles. The van der Waals surface area contributed by atoms with Gasteiger partial charge < -0.3 is 15.4 Å². The molecule has 198 valence electrons.